The van der Waals surface area contributed by atoms with Crippen LogP contribution >= 0.6 is 24.0 Å². The number of para-hydroxylation sites is 1. The quantitative estimate of drug-likeness (QED) is 0.766. The number of thiocarbonyl (C=S) groups is 1. The van der Waals surface area contributed by atoms with Crippen molar-refractivity contribution in [3.8, 4) is 0 Å². The highest BCUT2D eigenvalue weighted by Crippen LogP contribution is 2.33. The predicted octanol–water partition coefficient (Wildman–Crippen LogP) is 5.07. The molecule has 2 N–H and O–H groups in total. The highest BCUT2D eigenvalue weighted by atomic mass is 32.2. The maximum atomic E-state index is 5.47. The van der Waals surface area contributed by atoms with E-state index in [4.69, 9.17) is 12.2 Å². The number of hydrogen-bond acceptors (Lipinski definition) is 2. The van der Waals surface area contributed by atoms with E-state index in [9.17, 15) is 0 Å². The van der Waals surface area contributed by atoms with Crippen LogP contribution in [0.2, 0.25) is 0 Å². The minimum Gasteiger partial charge on any atom is -0.360 e. The second-order valence-corrected chi connectivity index (χ2v) is 7.01. The molecule has 22 heavy (non-hydrogen) atoms. The standard InChI is InChI=1S/C18H20N2S2/c21-18(19-14-8-4-5-9-14)20-16-12-6-7-13-17(16)22-15-10-2-1-3-11-15/h1-3,6-7,10-14H,4-5,8-9H2,(H2,19,20,21). The van der Waals surface area contributed by atoms with Crippen molar-refractivity contribution in [1.29, 1.82) is 0 Å². The molecule has 0 spiro atoms. The molecule has 2 nitrogen and oxygen atoms in total. The van der Waals surface area contributed by atoms with E-state index < -0.39 is 0 Å². The lowest BCUT2D eigenvalue weighted by molar-refractivity contribution is 0.634. The van der Waals surface area contributed by atoms with E-state index in [1.165, 1.54) is 35.5 Å². The first-order chi connectivity index (χ1) is 10.8. The molecule has 1 fully saturated rings. The molecule has 114 valence electrons. The summed E-state index contributed by atoms with van der Waals surface area (Å²) in [5.74, 6) is 0. The van der Waals surface area contributed by atoms with Gasteiger partial charge in [-0.05, 0) is 49.3 Å². The zero-order valence-electron chi connectivity index (χ0n) is 12.4. The summed E-state index contributed by atoms with van der Waals surface area (Å²) < 4.78 is 0. The van der Waals surface area contributed by atoms with Crippen LogP contribution in [0.4, 0.5) is 5.69 Å². The van der Waals surface area contributed by atoms with Crippen molar-refractivity contribution in [2.24, 2.45) is 0 Å². The van der Waals surface area contributed by atoms with Gasteiger partial charge in [0.15, 0.2) is 5.11 Å². The molecule has 0 saturated heterocycles. The van der Waals surface area contributed by atoms with E-state index in [1.54, 1.807) is 11.8 Å². The number of anilines is 1. The summed E-state index contributed by atoms with van der Waals surface area (Å²) in [5, 5.41) is 7.52. The molecule has 4 heteroatoms. The molecule has 1 aliphatic carbocycles. The van der Waals surface area contributed by atoms with Gasteiger partial charge in [-0.2, -0.15) is 0 Å². The Balaban J connectivity index is 1.66. The molecule has 3 rings (SSSR count). The molecular weight excluding hydrogens is 308 g/mol. The van der Waals surface area contributed by atoms with Crippen molar-refractivity contribution < 1.29 is 0 Å². The number of hydrogen-bond donors (Lipinski definition) is 2. The lowest BCUT2D eigenvalue weighted by Crippen LogP contribution is -2.36. The zero-order valence-corrected chi connectivity index (χ0v) is 14.1. The van der Waals surface area contributed by atoms with Gasteiger partial charge in [0.1, 0.15) is 0 Å². The second-order valence-electron chi connectivity index (χ2n) is 5.49. The molecule has 0 atom stereocenters. The SMILES string of the molecule is S=C(Nc1ccccc1Sc1ccccc1)NC1CCCC1. The highest BCUT2D eigenvalue weighted by Gasteiger charge is 2.15. The topological polar surface area (TPSA) is 24.1 Å². The van der Waals surface area contributed by atoms with Gasteiger partial charge >= 0.3 is 0 Å². The van der Waals surface area contributed by atoms with Crippen LogP contribution in [0.25, 0.3) is 0 Å². The van der Waals surface area contributed by atoms with Crippen LogP contribution in [-0.2, 0) is 0 Å². The summed E-state index contributed by atoms with van der Waals surface area (Å²) in [7, 11) is 0. The van der Waals surface area contributed by atoms with Crippen molar-refractivity contribution in [2.45, 2.75) is 41.5 Å². The first kappa shape index (κ1) is 15.4. The van der Waals surface area contributed by atoms with Crippen LogP contribution in [0, 0.1) is 0 Å². The smallest absolute Gasteiger partial charge is 0.171 e. The molecule has 2 aromatic carbocycles. The Bertz CT molecular complexity index is 622. The summed E-state index contributed by atoms with van der Waals surface area (Å²) in [6, 6.07) is 19.2. The Kier molecular flexibility index (Phi) is 5.35. The van der Waals surface area contributed by atoms with Crippen LogP contribution < -0.4 is 10.6 Å². The van der Waals surface area contributed by atoms with Gasteiger partial charge in [-0.25, -0.2) is 0 Å². The molecule has 2 aromatic rings. The molecule has 0 aromatic heterocycles. The van der Waals surface area contributed by atoms with Gasteiger partial charge < -0.3 is 10.6 Å². The average molecular weight is 329 g/mol. The lowest BCUT2D eigenvalue weighted by Gasteiger charge is -2.17. The normalized spacial score (nSPS) is 14.7. The van der Waals surface area contributed by atoms with Gasteiger partial charge in [0.2, 0.25) is 0 Å². The van der Waals surface area contributed by atoms with Crippen molar-refractivity contribution >= 4 is 34.8 Å². The van der Waals surface area contributed by atoms with Crippen LogP contribution in [0.5, 0.6) is 0 Å². The fraction of sp³-hybridized carbons (Fsp3) is 0.278. The summed E-state index contributed by atoms with van der Waals surface area (Å²) in [6.45, 7) is 0. The van der Waals surface area contributed by atoms with E-state index >= 15 is 0 Å². The summed E-state index contributed by atoms with van der Waals surface area (Å²) in [4.78, 5) is 2.41. The predicted molar refractivity (Wildman–Crippen MR) is 98.6 cm³/mol. The van der Waals surface area contributed by atoms with Crippen LogP contribution in [0.1, 0.15) is 25.7 Å². The molecule has 0 radical (unpaired) electrons. The number of nitrogens with one attached hydrogen (secondary N) is 2. The van der Waals surface area contributed by atoms with Gasteiger partial charge in [0.25, 0.3) is 0 Å². The van der Waals surface area contributed by atoms with Gasteiger partial charge in [0, 0.05) is 15.8 Å². The Morgan fingerprint density at radius 3 is 2.41 bits per heavy atom. The van der Waals surface area contributed by atoms with Crippen LogP contribution in [0.15, 0.2) is 64.4 Å². The van der Waals surface area contributed by atoms with Crippen molar-refractivity contribution in [3.05, 3.63) is 54.6 Å². The highest BCUT2D eigenvalue weighted by molar-refractivity contribution is 7.99. The van der Waals surface area contributed by atoms with E-state index in [0.29, 0.717) is 6.04 Å². The lowest BCUT2D eigenvalue weighted by atomic mass is 10.2. The Morgan fingerprint density at radius 2 is 1.64 bits per heavy atom. The molecule has 0 heterocycles. The fourth-order valence-electron chi connectivity index (χ4n) is 2.69. The summed E-state index contributed by atoms with van der Waals surface area (Å²) >= 11 is 7.21. The van der Waals surface area contributed by atoms with E-state index in [0.717, 1.165) is 10.8 Å². The minimum absolute atomic E-state index is 0.536. The van der Waals surface area contributed by atoms with Gasteiger partial charge in [-0.1, -0.05) is 54.9 Å². The molecule has 0 bridgehead atoms. The van der Waals surface area contributed by atoms with Crippen molar-refractivity contribution in [1.82, 2.24) is 5.32 Å². The van der Waals surface area contributed by atoms with E-state index in [1.807, 2.05) is 12.1 Å². The third-order valence-electron chi connectivity index (χ3n) is 3.80. The van der Waals surface area contributed by atoms with Gasteiger partial charge in [-0.3, -0.25) is 0 Å². The van der Waals surface area contributed by atoms with Crippen molar-refractivity contribution in [2.75, 3.05) is 5.32 Å². The molecule has 1 aliphatic rings. The molecule has 0 unspecified atom stereocenters. The molecule has 0 aliphatic heterocycles. The minimum atomic E-state index is 0.536. The monoisotopic (exact) mass is 328 g/mol. The van der Waals surface area contributed by atoms with E-state index in [-0.39, 0.29) is 0 Å². The number of rotatable bonds is 4. The van der Waals surface area contributed by atoms with Crippen LogP contribution in [0.3, 0.4) is 0 Å². The number of benzene rings is 2. The average Bonchev–Trinajstić information content (AvgIpc) is 3.03. The molecular formula is C18H20N2S2. The molecule has 0 amide bonds. The molecule has 1 saturated carbocycles. The third kappa shape index (κ3) is 4.24. The Morgan fingerprint density at radius 1 is 0.955 bits per heavy atom. The van der Waals surface area contributed by atoms with Crippen LogP contribution in [-0.4, -0.2) is 11.2 Å². The third-order valence-corrected chi connectivity index (χ3v) is 5.10. The Hall–Kier alpha value is -1.52. The second kappa shape index (κ2) is 7.65. The summed E-state index contributed by atoms with van der Waals surface area (Å²) in [5.41, 5.74) is 1.06. The van der Waals surface area contributed by atoms with Gasteiger partial charge in [0.05, 0.1) is 5.69 Å². The summed E-state index contributed by atoms with van der Waals surface area (Å²) in [6.07, 6.45) is 5.06. The fourth-order valence-corrected chi connectivity index (χ4v) is 3.89. The van der Waals surface area contributed by atoms with Gasteiger partial charge in [-0.15, -0.1) is 0 Å². The zero-order chi connectivity index (χ0) is 15.2. The maximum Gasteiger partial charge on any atom is 0.171 e. The Labute approximate surface area is 141 Å². The first-order valence-corrected chi connectivity index (χ1v) is 8.93. The maximum absolute atomic E-state index is 5.47. The first-order valence-electron chi connectivity index (χ1n) is 7.71. The largest absolute Gasteiger partial charge is 0.360 e. The van der Waals surface area contributed by atoms with E-state index in [2.05, 4.69) is 53.1 Å². The van der Waals surface area contributed by atoms with Crippen molar-refractivity contribution in [3.63, 3.8) is 0 Å².